The van der Waals surface area contributed by atoms with Crippen LogP contribution in [0.4, 0.5) is 0 Å². The molecule has 0 saturated carbocycles. The average Bonchev–Trinajstić information content (AvgIpc) is 3.20. The van der Waals surface area contributed by atoms with E-state index in [1.54, 1.807) is 97.1 Å². The molecule has 1 heterocycles. The Morgan fingerprint density at radius 1 is 0.267 bits per heavy atom. The lowest BCUT2D eigenvalue weighted by molar-refractivity contribution is 0.458. The average molecular weight is 893 g/mol. The molecule has 0 unspecified atom stereocenters. The van der Waals surface area contributed by atoms with E-state index in [1.165, 1.54) is 65.8 Å². The predicted molar refractivity (Wildman–Crippen MR) is 236 cm³/mol. The summed E-state index contributed by atoms with van der Waals surface area (Å²) in [4.78, 5) is 0.297. The van der Waals surface area contributed by atoms with E-state index < -0.39 is 40.1 Å². The zero-order chi connectivity index (χ0) is 43.6. The van der Waals surface area contributed by atoms with E-state index in [4.69, 9.17) is 0 Å². The van der Waals surface area contributed by atoms with E-state index in [0.29, 0.717) is 0 Å². The van der Waals surface area contributed by atoms with Gasteiger partial charge in [-0.1, -0.05) is 119 Å². The first-order valence-electron chi connectivity index (χ1n) is 19.3. The molecule has 16 heteroatoms. The third-order valence-electron chi connectivity index (χ3n) is 9.77. The number of hydrogen-bond donors (Lipinski definition) is 0. The molecule has 4 aromatic rings. The summed E-state index contributed by atoms with van der Waals surface area (Å²) in [6.07, 6.45) is 12.6. The molecule has 0 N–H and O–H groups in total. The molecule has 0 fully saturated rings. The van der Waals surface area contributed by atoms with Crippen LogP contribution in [0.15, 0.2) is 165 Å². The van der Waals surface area contributed by atoms with Gasteiger partial charge < -0.3 is 0 Å². The number of sulfonamides is 4. The summed E-state index contributed by atoms with van der Waals surface area (Å²) >= 11 is 0. The van der Waals surface area contributed by atoms with Crippen molar-refractivity contribution in [2.75, 3.05) is 52.4 Å². The van der Waals surface area contributed by atoms with Crippen LogP contribution in [0.25, 0.3) is 0 Å². The van der Waals surface area contributed by atoms with Crippen LogP contribution in [-0.4, -0.2) is 103 Å². The lowest BCUT2D eigenvalue weighted by atomic mass is 10.2. The van der Waals surface area contributed by atoms with Gasteiger partial charge in [0.2, 0.25) is 40.1 Å². The highest BCUT2D eigenvalue weighted by Crippen LogP contribution is 2.21. The van der Waals surface area contributed by atoms with Gasteiger partial charge in [0, 0.05) is 52.4 Å². The minimum Gasteiger partial charge on any atom is -0.207 e. The van der Waals surface area contributed by atoms with E-state index in [0.717, 1.165) is 22.3 Å². The third kappa shape index (κ3) is 11.9. The predicted octanol–water partition coefficient (Wildman–Crippen LogP) is 6.22. The Bertz CT molecular complexity index is 2240. The lowest BCUT2D eigenvalue weighted by Gasteiger charge is -2.22. The van der Waals surface area contributed by atoms with E-state index in [9.17, 15) is 33.7 Å². The summed E-state index contributed by atoms with van der Waals surface area (Å²) in [5, 5.41) is 0. The Kier molecular flexibility index (Phi) is 15.8. The van der Waals surface area contributed by atoms with Crippen molar-refractivity contribution in [2.45, 2.75) is 47.3 Å². The van der Waals surface area contributed by atoms with Crippen molar-refractivity contribution in [3.63, 3.8) is 0 Å². The van der Waals surface area contributed by atoms with Crippen molar-refractivity contribution < 1.29 is 33.7 Å². The molecule has 0 saturated heterocycles. The van der Waals surface area contributed by atoms with Crippen LogP contribution in [0.2, 0.25) is 0 Å². The van der Waals surface area contributed by atoms with Gasteiger partial charge in [-0.05, 0) is 76.2 Å². The van der Waals surface area contributed by atoms with E-state index in [-0.39, 0.29) is 71.9 Å². The summed E-state index contributed by atoms with van der Waals surface area (Å²) in [5.41, 5.74) is 3.53. The molecular formula is C44H52N4O8S4. The Balaban J connectivity index is 1.54. The molecule has 0 radical (unpaired) electrons. The maximum Gasteiger partial charge on any atom is 0.243 e. The number of hydrogen-bond acceptors (Lipinski definition) is 8. The molecule has 0 aliphatic carbocycles. The van der Waals surface area contributed by atoms with Gasteiger partial charge >= 0.3 is 0 Å². The standard InChI is InChI=1S/C44H52N4O8S4/c1-37-13-21-41(22-14-37)57(49,50)45-29-5-7-31-46(58(51,52)42-23-15-38(2)16-24-42)33-9-11-35-48(60(55,56)44-27-19-40(4)20-28-44)36-12-10-34-47(32-8-6-30-45)59(53,54)43-25-17-39(3)18-26-43/h5-28H,29-36H2,1-4H3/b7-5-,8-6+,11-9+,12-10+. The Morgan fingerprint density at radius 2 is 0.400 bits per heavy atom. The van der Waals surface area contributed by atoms with Gasteiger partial charge in [-0.25, -0.2) is 33.7 Å². The van der Waals surface area contributed by atoms with Gasteiger partial charge in [0.1, 0.15) is 0 Å². The highest BCUT2D eigenvalue weighted by atomic mass is 32.2. The summed E-state index contributed by atoms with van der Waals surface area (Å²) in [6.45, 7) is 6.47. The second-order valence-electron chi connectivity index (χ2n) is 14.4. The third-order valence-corrected chi connectivity index (χ3v) is 17.2. The monoisotopic (exact) mass is 892 g/mol. The molecule has 60 heavy (non-hydrogen) atoms. The van der Waals surface area contributed by atoms with Crippen LogP contribution in [0, 0.1) is 27.7 Å². The van der Waals surface area contributed by atoms with Crippen LogP contribution >= 0.6 is 0 Å². The molecule has 0 bridgehead atoms. The highest BCUT2D eigenvalue weighted by Gasteiger charge is 2.27. The molecule has 320 valence electrons. The van der Waals surface area contributed by atoms with E-state index in [2.05, 4.69) is 0 Å². The van der Waals surface area contributed by atoms with Crippen molar-refractivity contribution in [1.82, 2.24) is 17.2 Å². The minimum atomic E-state index is -4.04. The molecule has 0 atom stereocenters. The molecule has 1 aliphatic rings. The zero-order valence-corrected chi connectivity index (χ0v) is 37.5. The van der Waals surface area contributed by atoms with Crippen LogP contribution in [-0.2, 0) is 40.1 Å². The van der Waals surface area contributed by atoms with Crippen molar-refractivity contribution in [1.29, 1.82) is 0 Å². The summed E-state index contributed by atoms with van der Waals surface area (Å²) in [6, 6.07) is 25.8. The fourth-order valence-electron chi connectivity index (χ4n) is 6.06. The zero-order valence-electron chi connectivity index (χ0n) is 34.2. The molecular weight excluding hydrogens is 841 g/mol. The summed E-state index contributed by atoms with van der Waals surface area (Å²) in [7, 11) is -16.2. The Morgan fingerprint density at radius 3 is 0.533 bits per heavy atom. The first kappa shape index (κ1) is 46.5. The van der Waals surface area contributed by atoms with Gasteiger partial charge in [-0.2, -0.15) is 17.2 Å². The maximum absolute atomic E-state index is 13.9. The summed E-state index contributed by atoms with van der Waals surface area (Å²) in [5.74, 6) is 0. The quantitative estimate of drug-likeness (QED) is 0.189. The molecule has 4 aromatic carbocycles. The van der Waals surface area contributed by atoms with Gasteiger partial charge in [0.15, 0.2) is 0 Å². The normalized spacial score (nSPS) is 19.3. The van der Waals surface area contributed by atoms with Crippen molar-refractivity contribution >= 4 is 40.1 Å². The molecule has 5 rings (SSSR count). The molecule has 0 spiro atoms. The number of aryl methyl sites for hydroxylation is 4. The minimum absolute atomic E-state index is 0.0743. The number of rotatable bonds is 8. The maximum atomic E-state index is 13.9. The number of benzene rings is 4. The van der Waals surface area contributed by atoms with Crippen LogP contribution in [0.5, 0.6) is 0 Å². The van der Waals surface area contributed by atoms with Gasteiger partial charge in [-0.3, -0.25) is 0 Å². The molecule has 0 aromatic heterocycles. The summed E-state index contributed by atoms with van der Waals surface area (Å²) < 4.78 is 116. The molecule has 1 aliphatic heterocycles. The molecule has 0 amide bonds. The van der Waals surface area contributed by atoms with E-state index >= 15 is 0 Å². The smallest absolute Gasteiger partial charge is 0.207 e. The van der Waals surface area contributed by atoms with Crippen molar-refractivity contribution in [2.24, 2.45) is 0 Å². The fraction of sp³-hybridized carbons (Fsp3) is 0.273. The van der Waals surface area contributed by atoms with Crippen LogP contribution in [0.1, 0.15) is 22.3 Å². The SMILES string of the molecule is Cc1ccc(S(=O)(=O)N2C/C=C\CN(S(=O)(=O)c3ccc(C)cc3)C/C=C/CN(S(=O)(=O)c3ccc(C)cc3)C/C=C/CN(S(=O)(=O)c3ccc(C)cc3)C/C=C/C2)cc1. The van der Waals surface area contributed by atoms with Crippen LogP contribution < -0.4 is 0 Å². The topological polar surface area (TPSA) is 150 Å². The highest BCUT2D eigenvalue weighted by molar-refractivity contribution is 7.90. The van der Waals surface area contributed by atoms with Gasteiger partial charge in [0.05, 0.1) is 19.6 Å². The Labute approximate surface area is 356 Å². The first-order chi connectivity index (χ1) is 28.4. The second-order valence-corrected chi connectivity index (χ2v) is 22.2. The van der Waals surface area contributed by atoms with Gasteiger partial charge in [0.25, 0.3) is 0 Å². The Hall–Kier alpha value is -4.52. The second kappa shape index (κ2) is 20.4. The first-order valence-corrected chi connectivity index (χ1v) is 25.1. The van der Waals surface area contributed by atoms with Crippen molar-refractivity contribution in [3.8, 4) is 0 Å². The lowest BCUT2D eigenvalue weighted by Crippen LogP contribution is -2.34. The molecule has 12 nitrogen and oxygen atoms in total. The fourth-order valence-corrected chi connectivity index (χ4v) is 11.4. The van der Waals surface area contributed by atoms with Crippen molar-refractivity contribution in [3.05, 3.63) is 168 Å². The number of nitrogens with zero attached hydrogens (tertiary/aromatic N) is 4. The largest absolute Gasteiger partial charge is 0.243 e. The van der Waals surface area contributed by atoms with Gasteiger partial charge in [-0.15, -0.1) is 0 Å². The van der Waals surface area contributed by atoms with E-state index in [1.807, 2.05) is 27.7 Å². The van der Waals surface area contributed by atoms with Crippen LogP contribution in [0.3, 0.4) is 0 Å².